The molecule has 0 aromatic heterocycles. The van der Waals surface area contributed by atoms with Gasteiger partial charge in [0.05, 0.1) is 22.6 Å². The minimum Gasteiger partial charge on any atom is -0.493 e. The van der Waals surface area contributed by atoms with Gasteiger partial charge in [-0.25, -0.2) is 0 Å². The van der Waals surface area contributed by atoms with Crippen LogP contribution in [0.4, 0.5) is 4.79 Å². The van der Waals surface area contributed by atoms with Crippen molar-refractivity contribution in [3.63, 3.8) is 0 Å². The predicted octanol–water partition coefficient (Wildman–Crippen LogP) is 7.14. The number of ether oxygens (including phenoxy) is 2. The molecule has 2 aromatic rings. The number of rotatable bonds is 8. The monoisotopic (exact) mass is 557 g/mol. The topological polar surface area (TPSA) is 64.6 Å². The number of thioether (sulfide) groups is 1. The van der Waals surface area contributed by atoms with Crippen molar-refractivity contribution in [3.8, 4) is 11.5 Å². The van der Waals surface area contributed by atoms with Crippen molar-refractivity contribution in [1.82, 2.24) is 5.32 Å². The lowest BCUT2D eigenvalue weighted by atomic mass is 9.71. The van der Waals surface area contributed by atoms with Gasteiger partial charge in [0.1, 0.15) is 11.5 Å². The predicted molar refractivity (Wildman–Crippen MR) is 145 cm³/mol. The molecular weight excluding hydrogens is 526 g/mol. The maximum absolute atomic E-state index is 11.8. The first kappa shape index (κ1) is 25.8. The van der Waals surface area contributed by atoms with Crippen LogP contribution < -0.4 is 14.8 Å². The van der Waals surface area contributed by atoms with Crippen LogP contribution in [0, 0.1) is 19.3 Å². The molecule has 0 saturated carbocycles. The van der Waals surface area contributed by atoms with E-state index >= 15 is 0 Å². The maximum Gasteiger partial charge on any atom is 0.290 e. The molecule has 0 bridgehead atoms. The Morgan fingerprint density at radius 3 is 2.63 bits per heavy atom. The number of carbonyl (C=O) groups is 2. The van der Waals surface area contributed by atoms with Crippen molar-refractivity contribution < 1.29 is 19.1 Å². The van der Waals surface area contributed by atoms with Gasteiger partial charge in [0.2, 0.25) is 0 Å². The van der Waals surface area contributed by atoms with E-state index in [1.807, 2.05) is 18.2 Å². The molecule has 4 rings (SSSR count). The highest BCUT2D eigenvalue weighted by molar-refractivity contribution is 9.10. The molecule has 2 aromatic carbocycles. The van der Waals surface area contributed by atoms with Gasteiger partial charge in [0.25, 0.3) is 11.1 Å². The van der Waals surface area contributed by atoms with Crippen LogP contribution in [-0.4, -0.2) is 24.4 Å². The number of hydrogen-bond acceptors (Lipinski definition) is 5. The number of fused-ring (bicyclic) bond motifs is 1. The Bertz CT molecular complexity index is 1190. The Labute approximate surface area is 220 Å². The van der Waals surface area contributed by atoms with Crippen LogP contribution in [0.25, 0.3) is 6.08 Å². The molecule has 1 atom stereocenters. The summed E-state index contributed by atoms with van der Waals surface area (Å²) in [5.41, 5.74) is 6.29. The summed E-state index contributed by atoms with van der Waals surface area (Å²) < 4.78 is 13.2. The molecule has 1 saturated heterocycles. The minimum absolute atomic E-state index is 0.0355. The summed E-state index contributed by atoms with van der Waals surface area (Å²) >= 11 is 4.52. The average Bonchev–Trinajstić information content (AvgIpc) is 3.13. The number of amides is 2. The Morgan fingerprint density at radius 2 is 1.94 bits per heavy atom. The summed E-state index contributed by atoms with van der Waals surface area (Å²) in [6.45, 7) is 10.3. The van der Waals surface area contributed by atoms with E-state index in [0.717, 1.165) is 72.0 Å². The van der Waals surface area contributed by atoms with Crippen molar-refractivity contribution in [3.05, 3.63) is 61.5 Å². The Balaban J connectivity index is 1.44. The largest absolute Gasteiger partial charge is 0.493 e. The molecule has 1 aliphatic carbocycles. The third kappa shape index (κ3) is 5.95. The van der Waals surface area contributed by atoms with Gasteiger partial charge in [-0.05, 0) is 119 Å². The minimum atomic E-state index is -0.355. The molecule has 1 heterocycles. The van der Waals surface area contributed by atoms with Gasteiger partial charge in [-0.15, -0.1) is 0 Å². The molecule has 1 aliphatic heterocycles. The summed E-state index contributed by atoms with van der Waals surface area (Å²) in [4.78, 5) is 23.6. The van der Waals surface area contributed by atoms with Crippen LogP contribution in [0.5, 0.6) is 11.5 Å². The SMILES string of the molecule is CCCCOc1cc2c(c(C)c1C)CC(C)(COc1ccc(C=C3SC(=O)NC3=O)cc1Br)CC2. The van der Waals surface area contributed by atoms with Crippen LogP contribution >= 0.6 is 27.7 Å². The average molecular weight is 559 g/mol. The Morgan fingerprint density at radius 1 is 1.14 bits per heavy atom. The molecule has 1 N–H and O–H groups in total. The summed E-state index contributed by atoms with van der Waals surface area (Å²) in [7, 11) is 0. The third-order valence-electron chi connectivity index (χ3n) is 6.91. The summed E-state index contributed by atoms with van der Waals surface area (Å²) in [6.07, 6.45) is 6.98. The van der Waals surface area contributed by atoms with Gasteiger partial charge in [-0.3, -0.25) is 14.9 Å². The van der Waals surface area contributed by atoms with E-state index in [9.17, 15) is 9.59 Å². The standard InChI is InChI=1S/C28H32BrNO4S/c1-5-6-11-33-24-14-20-9-10-28(4,15-21(20)17(2)18(24)3)16-34-23-8-7-19(12-22(23)29)13-25-26(31)30-27(32)35-25/h7-8,12-14H,5-6,9-11,15-16H2,1-4H3,(H,30,31,32). The molecule has 0 radical (unpaired) electrons. The lowest BCUT2D eigenvalue weighted by Gasteiger charge is -2.36. The number of unbranched alkanes of at least 4 members (excludes halogenated alkanes) is 1. The molecule has 1 fully saturated rings. The number of carbonyl (C=O) groups excluding carboxylic acids is 2. The second-order valence-corrected chi connectivity index (χ2v) is 11.7. The highest BCUT2D eigenvalue weighted by Gasteiger charge is 2.33. The van der Waals surface area contributed by atoms with E-state index in [-0.39, 0.29) is 16.6 Å². The molecule has 5 nitrogen and oxygen atoms in total. The van der Waals surface area contributed by atoms with E-state index in [0.29, 0.717) is 11.5 Å². The fourth-order valence-electron chi connectivity index (χ4n) is 4.57. The number of nitrogens with one attached hydrogen (secondary N) is 1. The summed E-state index contributed by atoms with van der Waals surface area (Å²) in [5.74, 6) is 1.45. The van der Waals surface area contributed by atoms with Crippen molar-refractivity contribution in [2.24, 2.45) is 5.41 Å². The van der Waals surface area contributed by atoms with Gasteiger partial charge in [-0.1, -0.05) is 26.3 Å². The number of halogens is 1. The lowest BCUT2D eigenvalue weighted by Crippen LogP contribution is -2.32. The first-order valence-electron chi connectivity index (χ1n) is 12.1. The zero-order chi connectivity index (χ0) is 25.2. The lowest BCUT2D eigenvalue weighted by molar-refractivity contribution is -0.115. The Hall–Kier alpha value is -2.25. The van der Waals surface area contributed by atoms with E-state index in [1.54, 1.807) is 6.08 Å². The van der Waals surface area contributed by atoms with Gasteiger partial charge in [0.15, 0.2) is 0 Å². The van der Waals surface area contributed by atoms with Gasteiger partial charge >= 0.3 is 0 Å². The summed E-state index contributed by atoms with van der Waals surface area (Å²) in [5, 5.41) is 1.94. The Kier molecular flexibility index (Phi) is 7.96. The van der Waals surface area contributed by atoms with Gasteiger partial charge < -0.3 is 9.47 Å². The molecular formula is C28H32BrNO4S. The fraction of sp³-hybridized carbons (Fsp3) is 0.429. The summed E-state index contributed by atoms with van der Waals surface area (Å²) in [6, 6.07) is 7.97. The molecule has 1 unspecified atom stereocenters. The molecule has 186 valence electrons. The van der Waals surface area contributed by atoms with Crippen LogP contribution in [0.2, 0.25) is 0 Å². The quantitative estimate of drug-likeness (QED) is 0.276. The molecule has 35 heavy (non-hydrogen) atoms. The van der Waals surface area contributed by atoms with E-state index in [4.69, 9.17) is 9.47 Å². The van der Waals surface area contributed by atoms with Gasteiger partial charge in [-0.2, -0.15) is 0 Å². The second kappa shape index (κ2) is 10.8. The first-order chi connectivity index (χ1) is 16.7. The first-order valence-corrected chi connectivity index (χ1v) is 13.7. The zero-order valence-corrected chi connectivity index (χ0v) is 23.2. The van der Waals surface area contributed by atoms with Crippen LogP contribution in [0.1, 0.15) is 60.9 Å². The number of imide groups is 1. The molecule has 2 amide bonds. The van der Waals surface area contributed by atoms with Crippen LogP contribution in [-0.2, 0) is 17.6 Å². The van der Waals surface area contributed by atoms with E-state index in [2.05, 4.69) is 55.0 Å². The second-order valence-electron chi connectivity index (χ2n) is 9.78. The molecule has 0 spiro atoms. The number of benzene rings is 2. The molecule has 2 aliphatic rings. The highest BCUT2D eigenvalue weighted by atomic mass is 79.9. The third-order valence-corrected chi connectivity index (χ3v) is 8.34. The fourth-order valence-corrected chi connectivity index (χ4v) is 5.77. The number of aryl methyl sites for hydroxylation is 1. The normalized spacial score (nSPS) is 20.7. The van der Waals surface area contributed by atoms with Crippen LogP contribution in [0.15, 0.2) is 33.6 Å². The van der Waals surface area contributed by atoms with E-state index < -0.39 is 0 Å². The zero-order valence-electron chi connectivity index (χ0n) is 20.8. The van der Waals surface area contributed by atoms with Crippen molar-refractivity contribution in [2.45, 2.75) is 59.8 Å². The smallest absolute Gasteiger partial charge is 0.290 e. The molecule has 7 heteroatoms. The van der Waals surface area contributed by atoms with Crippen LogP contribution in [0.3, 0.4) is 0 Å². The van der Waals surface area contributed by atoms with Crippen molar-refractivity contribution in [1.29, 1.82) is 0 Å². The maximum atomic E-state index is 11.8. The van der Waals surface area contributed by atoms with Crippen molar-refractivity contribution >= 4 is 44.9 Å². The van der Waals surface area contributed by atoms with E-state index in [1.165, 1.54) is 22.3 Å². The highest BCUT2D eigenvalue weighted by Crippen LogP contribution is 2.41. The van der Waals surface area contributed by atoms with Crippen molar-refractivity contribution in [2.75, 3.05) is 13.2 Å². The van der Waals surface area contributed by atoms with Gasteiger partial charge in [0, 0.05) is 5.41 Å². The number of hydrogen-bond donors (Lipinski definition) is 1.